The predicted octanol–water partition coefficient (Wildman–Crippen LogP) is 5.90. The van der Waals surface area contributed by atoms with Crippen LogP contribution in [0.25, 0.3) is 11.3 Å². The number of aromatic nitrogens is 1. The molecule has 2 heterocycles. The third-order valence-electron chi connectivity index (χ3n) is 3.98. The molecule has 0 radical (unpaired) electrons. The van der Waals surface area contributed by atoms with Gasteiger partial charge in [-0.25, -0.2) is 14.2 Å². The number of halogens is 2. The molecule has 0 bridgehead atoms. The van der Waals surface area contributed by atoms with Crippen LogP contribution in [0.1, 0.15) is 16.1 Å². The number of aliphatic imine (C=N–C) groups is 1. The van der Waals surface area contributed by atoms with Crippen LogP contribution in [0.5, 0.6) is 0 Å². The fourth-order valence-electron chi connectivity index (χ4n) is 2.73. The van der Waals surface area contributed by atoms with E-state index in [1.807, 2.05) is 12.1 Å². The van der Waals surface area contributed by atoms with Gasteiger partial charge in [0.05, 0.1) is 26.7 Å². The number of para-hydroxylation sites is 1. The van der Waals surface area contributed by atoms with E-state index in [9.17, 15) is 9.18 Å². The average Bonchev–Trinajstić information content (AvgIpc) is 3.16. The lowest BCUT2D eigenvalue weighted by Crippen LogP contribution is -2.10. The predicted molar refractivity (Wildman–Crippen MR) is 106 cm³/mol. The summed E-state index contributed by atoms with van der Waals surface area (Å²) < 4.78 is 25.1. The summed E-state index contributed by atoms with van der Waals surface area (Å²) in [5, 5.41) is 3.93. The monoisotopic (exact) mass is 422 g/mol. The number of nitrogens with zero attached hydrogens (tertiary/aromatic N) is 2. The normalized spacial score (nSPS) is 20.1. The first-order valence-corrected chi connectivity index (χ1v) is 10.8. The third kappa shape index (κ3) is 3.03. The lowest BCUT2D eigenvalue weighted by Gasteiger charge is -2.26. The second kappa shape index (κ2) is 6.70. The van der Waals surface area contributed by atoms with Crippen molar-refractivity contribution in [2.24, 2.45) is 4.99 Å². The number of rotatable bonds is 3. The Bertz CT molecular complexity index is 1080. The lowest BCUT2D eigenvalue weighted by atomic mass is 10.1. The van der Waals surface area contributed by atoms with Crippen LogP contribution in [-0.2, 0) is 4.18 Å². The van der Waals surface area contributed by atoms with Crippen LogP contribution in [0.2, 0.25) is 5.02 Å². The van der Waals surface area contributed by atoms with Gasteiger partial charge in [-0.15, -0.1) is 0 Å². The van der Waals surface area contributed by atoms with Gasteiger partial charge in [-0.2, -0.15) is 0 Å². The van der Waals surface area contributed by atoms with Gasteiger partial charge < -0.3 is 8.71 Å². The van der Waals surface area contributed by atoms with Crippen molar-refractivity contribution in [1.29, 1.82) is 0 Å². The Labute approximate surface area is 165 Å². The van der Waals surface area contributed by atoms with E-state index in [1.165, 1.54) is 23.7 Å². The van der Waals surface area contributed by atoms with Crippen molar-refractivity contribution < 1.29 is 17.9 Å². The number of carbonyl (C=O) groups is 1. The molecule has 0 aliphatic carbocycles. The number of thiol groups is 1. The molecule has 1 aliphatic rings. The fourth-order valence-corrected chi connectivity index (χ4v) is 5.30. The molecule has 0 fully saturated rings. The van der Waals surface area contributed by atoms with E-state index in [-0.39, 0.29) is 27.6 Å². The van der Waals surface area contributed by atoms with Crippen LogP contribution >= 0.6 is 32.6 Å². The summed E-state index contributed by atoms with van der Waals surface area (Å²) >= 11 is 10.7. The van der Waals surface area contributed by atoms with Gasteiger partial charge in [0.25, 0.3) is 0 Å². The number of aryl methyl sites for hydroxylation is 1. The Morgan fingerprint density at radius 3 is 2.81 bits per heavy atom. The maximum atomic E-state index is 14.3. The highest BCUT2D eigenvalue weighted by atomic mass is 35.5. The van der Waals surface area contributed by atoms with E-state index in [2.05, 4.69) is 21.8 Å². The number of hydrogen-bond acceptors (Lipinski definition) is 6. The molecule has 3 aromatic rings. The molecule has 1 aromatic heterocycles. The van der Waals surface area contributed by atoms with Gasteiger partial charge in [0.15, 0.2) is 0 Å². The first-order chi connectivity index (χ1) is 12.9. The van der Waals surface area contributed by atoms with Crippen molar-refractivity contribution in [2.75, 3.05) is 0 Å². The summed E-state index contributed by atoms with van der Waals surface area (Å²) in [4.78, 5) is 17.9. The smallest absolute Gasteiger partial charge is 0.355 e. The SMILES string of the molecule is Cc1onc(-c2c(F)cccc2Cl)c1C(=O)OS1(S)C=Nc2ccccc21. The molecule has 1 unspecified atom stereocenters. The Balaban J connectivity index is 1.75. The van der Waals surface area contributed by atoms with Crippen LogP contribution < -0.4 is 0 Å². The molecule has 0 spiro atoms. The van der Waals surface area contributed by atoms with Crippen molar-refractivity contribution >= 4 is 49.8 Å². The second-order valence-electron chi connectivity index (χ2n) is 5.70. The van der Waals surface area contributed by atoms with Crippen molar-refractivity contribution in [3.05, 3.63) is 64.6 Å². The van der Waals surface area contributed by atoms with E-state index in [0.29, 0.717) is 10.6 Å². The Morgan fingerprint density at radius 2 is 2.04 bits per heavy atom. The molecular weight excluding hydrogens is 411 g/mol. The maximum Gasteiger partial charge on any atom is 0.355 e. The first kappa shape index (κ1) is 18.1. The zero-order chi connectivity index (χ0) is 19.2. The van der Waals surface area contributed by atoms with Gasteiger partial charge in [-0.3, -0.25) is 0 Å². The van der Waals surface area contributed by atoms with E-state index in [4.69, 9.17) is 20.3 Å². The second-order valence-corrected chi connectivity index (χ2v) is 9.69. The molecule has 1 atom stereocenters. The van der Waals surface area contributed by atoms with Crippen molar-refractivity contribution in [3.8, 4) is 11.3 Å². The summed E-state index contributed by atoms with van der Waals surface area (Å²) in [7, 11) is -2.37. The largest absolute Gasteiger partial charge is 0.392 e. The van der Waals surface area contributed by atoms with Crippen LogP contribution in [0.3, 0.4) is 0 Å². The molecule has 0 saturated carbocycles. The molecule has 9 heteroatoms. The topological polar surface area (TPSA) is 64.7 Å². The van der Waals surface area contributed by atoms with Crippen molar-refractivity contribution in [2.45, 2.75) is 11.8 Å². The van der Waals surface area contributed by atoms with Gasteiger partial charge in [-0.05, 0) is 31.2 Å². The minimum Gasteiger partial charge on any atom is -0.392 e. The maximum absolute atomic E-state index is 14.3. The first-order valence-electron chi connectivity index (χ1n) is 7.74. The van der Waals surface area contributed by atoms with Gasteiger partial charge in [0.1, 0.15) is 22.8 Å². The van der Waals surface area contributed by atoms with E-state index < -0.39 is 21.1 Å². The number of hydrogen-bond donors (Lipinski definition) is 1. The standard InChI is InChI=1S/C18H12ClFN2O3S2/c1-10-15(17(22-24-10)16-11(19)5-4-6-12(16)20)18(23)25-27(26)9-21-13-7-2-3-8-14(13)27/h2-9,26H,1H3. The summed E-state index contributed by atoms with van der Waals surface area (Å²) in [6.45, 7) is 1.54. The molecule has 5 nitrogen and oxygen atoms in total. The molecular formula is C18H12ClFN2O3S2. The van der Waals surface area contributed by atoms with Crippen LogP contribution in [0.4, 0.5) is 10.1 Å². The number of benzene rings is 2. The molecule has 0 amide bonds. The Hall–Kier alpha value is -2.29. The van der Waals surface area contributed by atoms with Gasteiger partial charge in [-0.1, -0.05) is 46.6 Å². The van der Waals surface area contributed by atoms with Crippen LogP contribution in [0.15, 0.2) is 56.9 Å². The van der Waals surface area contributed by atoms with Gasteiger partial charge in [0.2, 0.25) is 0 Å². The summed E-state index contributed by atoms with van der Waals surface area (Å²) in [6.07, 6.45) is 0. The van der Waals surface area contributed by atoms with Crippen molar-refractivity contribution in [3.63, 3.8) is 0 Å². The highest BCUT2D eigenvalue weighted by molar-refractivity contribution is 8.91. The molecule has 138 valence electrons. The number of carbonyl (C=O) groups excluding carboxylic acids is 1. The fraction of sp³-hybridized carbons (Fsp3) is 0.0556. The lowest BCUT2D eigenvalue weighted by molar-refractivity contribution is 0.0763. The van der Waals surface area contributed by atoms with E-state index in [1.54, 1.807) is 19.1 Å². The molecule has 27 heavy (non-hydrogen) atoms. The van der Waals surface area contributed by atoms with E-state index >= 15 is 0 Å². The van der Waals surface area contributed by atoms with Crippen LogP contribution in [0, 0.1) is 12.7 Å². The highest BCUT2D eigenvalue weighted by Gasteiger charge is 2.35. The number of fused-ring (bicyclic) bond motifs is 1. The molecule has 2 aromatic carbocycles. The minimum atomic E-state index is -2.37. The van der Waals surface area contributed by atoms with Gasteiger partial charge in [0, 0.05) is 9.34 Å². The Morgan fingerprint density at radius 1 is 1.26 bits per heavy atom. The molecule has 1 aliphatic heterocycles. The Kier molecular flexibility index (Phi) is 4.49. The average molecular weight is 423 g/mol. The summed E-state index contributed by atoms with van der Waals surface area (Å²) in [6, 6.07) is 11.4. The molecule has 0 saturated heterocycles. The zero-order valence-corrected chi connectivity index (χ0v) is 16.3. The molecule has 0 N–H and O–H groups in total. The van der Waals surface area contributed by atoms with Gasteiger partial charge >= 0.3 is 5.97 Å². The van der Waals surface area contributed by atoms with Crippen molar-refractivity contribution in [1.82, 2.24) is 5.16 Å². The van der Waals surface area contributed by atoms with Crippen LogP contribution in [-0.4, -0.2) is 16.7 Å². The molecule has 4 rings (SSSR count). The quantitative estimate of drug-likeness (QED) is 0.421. The van der Waals surface area contributed by atoms with E-state index in [0.717, 1.165) is 0 Å². The zero-order valence-electron chi connectivity index (χ0n) is 13.8. The minimum absolute atomic E-state index is 0.000654. The highest BCUT2D eigenvalue weighted by Crippen LogP contribution is 2.65. The third-order valence-corrected chi connectivity index (χ3v) is 7.17. The summed E-state index contributed by atoms with van der Waals surface area (Å²) in [5.74, 6) is -1.17. The summed E-state index contributed by atoms with van der Waals surface area (Å²) in [5.41, 5.74) is 2.17.